The van der Waals surface area contributed by atoms with E-state index in [0.29, 0.717) is 18.0 Å². The molecule has 2 heterocycles. The maximum Gasteiger partial charge on any atom is 0.255 e. The van der Waals surface area contributed by atoms with Gasteiger partial charge in [0.05, 0.1) is 18.2 Å². The van der Waals surface area contributed by atoms with Crippen LogP contribution in [0, 0.1) is 0 Å². The van der Waals surface area contributed by atoms with Crippen molar-refractivity contribution in [3.8, 4) is 0 Å². The maximum absolute atomic E-state index is 12.2. The van der Waals surface area contributed by atoms with E-state index in [1.165, 1.54) is 0 Å². The van der Waals surface area contributed by atoms with Gasteiger partial charge in [-0.15, -0.1) is 0 Å². The van der Waals surface area contributed by atoms with E-state index in [-0.39, 0.29) is 11.9 Å². The van der Waals surface area contributed by atoms with Crippen molar-refractivity contribution >= 4 is 27.7 Å². The average molecular weight is 314 g/mol. The van der Waals surface area contributed by atoms with E-state index in [4.69, 9.17) is 4.74 Å². The van der Waals surface area contributed by atoms with Crippen molar-refractivity contribution in [3.05, 3.63) is 22.3 Å². The van der Waals surface area contributed by atoms with Crippen molar-refractivity contribution in [2.24, 2.45) is 0 Å². The molecule has 1 aromatic rings. The largest absolute Gasteiger partial charge is 0.379 e. The number of pyridine rings is 1. The molecule has 6 heteroatoms. The number of halogens is 1. The minimum atomic E-state index is -0.122. The van der Waals surface area contributed by atoms with Crippen molar-refractivity contribution in [2.75, 3.05) is 25.6 Å². The quantitative estimate of drug-likeness (QED) is 0.893. The van der Waals surface area contributed by atoms with Crippen molar-refractivity contribution in [2.45, 2.75) is 18.9 Å². The molecular weight excluding hydrogens is 298 g/mol. The first-order chi connectivity index (χ1) is 8.70. The summed E-state index contributed by atoms with van der Waals surface area (Å²) in [5.74, 6) is 0.455. The molecule has 2 rings (SSSR count). The summed E-state index contributed by atoms with van der Waals surface area (Å²) in [6, 6.07) is 1.85. The van der Waals surface area contributed by atoms with Crippen LogP contribution in [0.5, 0.6) is 0 Å². The average Bonchev–Trinajstić information content (AvgIpc) is 2.40. The van der Waals surface area contributed by atoms with Crippen LogP contribution in [0.25, 0.3) is 0 Å². The molecule has 1 aromatic heterocycles. The third-order valence-corrected chi connectivity index (χ3v) is 3.26. The summed E-state index contributed by atoms with van der Waals surface area (Å²) in [5.41, 5.74) is 0.539. The van der Waals surface area contributed by atoms with Crippen LogP contribution >= 0.6 is 15.9 Å². The van der Waals surface area contributed by atoms with Gasteiger partial charge in [-0.25, -0.2) is 4.98 Å². The van der Waals surface area contributed by atoms with E-state index in [9.17, 15) is 4.79 Å². The second-order valence-corrected chi connectivity index (χ2v) is 5.10. The van der Waals surface area contributed by atoms with Gasteiger partial charge in [0, 0.05) is 24.3 Å². The zero-order valence-corrected chi connectivity index (χ0v) is 11.8. The Hall–Kier alpha value is -1.14. The van der Waals surface area contributed by atoms with Crippen LogP contribution < -0.4 is 10.6 Å². The van der Waals surface area contributed by atoms with E-state index in [1.807, 2.05) is 0 Å². The molecule has 0 radical (unpaired) electrons. The van der Waals surface area contributed by atoms with Crippen LogP contribution in [0.15, 0.2) is 16.7 Å². The number of carbonyl (C=O) groups excluding carboxylic acids is 1. The fraction of sp³-hybridized carbons (Fsp3) is 0.500. The monoisotopic (exact) mass is 313 g/mol. The van der Waals surface area contributed by atoms with Crippen molar-refractivity contribution in [1.82, 2.24) is 10.3 Å². The van der Waals surface area contributed by atoms with Crippen LogP contribution in [0.4, 0.5) is 5.82 Å². The third kappa shape index (κ3) is 3.20. The molecule has 98 valence electrons. The number of amides is 1. The number of hydrogen-bond donors (Lipinski definition) is 2. The Morgan fingerprint density at radius 1 is 1.61 bits per heavy atom. The number of nitrogens with zero attached hydrogens (tertiary/aromatic N) is 1. The van der Waals surface area contributed by atoms with Gasteiger partial charge in [0.1, 0.15) is 5.82 Å². The summed E-state index contributed by atoms with van der Waals surface area (Å²) >= 11 is 3.32. The molecule has 2 N–H and O–H groups in total. The maximum atomic E-state index is 12.2. The molecule has 18 heavy (non-hydrogen) atoms. The Balaban J connectivity index is 2.09. The highest BCUT2D eigenvalue weighted by Gasteiger charge is 2.19. The predicted molar refractivity (Wildman–Crippen MR) is 72.8 cm³/mol. The van der Waals surface area contributed by atoms with Gasteiger partial charge in [-0.1, -0.05) is 0 Å². The molecule has 1 fully saturated rings. The molecule has 0 aliphatic carbocycles. The normalized spacial score (nSPS) is 19.3. The Kier molecular flexibility index (Phi) is 4.54. The topological polar surface area (TPSA) is 63.2 Å². The summed E-state index contributed by atoms with van der Waals surface area (Å²) in [4.78, 5) is 16.3. The van der Waals surface area contributed by atoms with Crippen molar-refractivity contribution in [3.63, 3.8) is 0 Å². The van der Waals surface area contributed by atoms with Gasteiger partial charge in [0.25, 0.3) is 5.91 Å². The smallest absolute Gasteiger partial charge is 0.255 e. The highest BCUT2D eigenvalue weighted by Crippen LogP contribution is 2.18. The Morgan fingerprint density at radius 2 is 2.44 bits per heavy atom. The van der Waals surface area contributed by atoms with Crippen LogP contribution in [-0.4, -0.2) is 37.2 Å². The standard InChI is InChI=1S/C12H16BrN3O2/c1-14-11-10(5-8(13)6-15-11)12(17)16-9-3-2-4-18-7-9/h5-6,9H,2-4,7H2,1H3,(H,14,15)(H,16,17). The number of nitrogens with one attached hydrogen (secondary N) is 2. The van der Waals surface area contributed by atoms with E-state index >= 15 is 0 Å². The molecule has 1 aliphatic heterocycles. The van der Waals surface area contributed by atoms with E-state index in [1.54, 1.807) is 19.3 Å². The molecule has 0 saturated carbocycles. The van der Waals surface area contributed by atoms with Gasteiger partial charge in [-0.05, 0) is 34.8 Å². The molecule has 1 unspecified atom stereocenters. The van der Waals surface area contributed by atoms with Crippen molar-refractivity contribution < 1.29 is 9.53 Å². The first-order valence-corrected chi connectivity index (χ1v) is 6.72. The Labute approximate surface area is 114 Å². The van der Waals surface area contributed by atoms with Crippen LogP contribution in [0.1, 0.15) is 23.2 Å². The van der Waals surface area contributed by atoms with Gasteiger partial charge in [0.2, 0.25) is 0 Å². The van der Waals surface area contributed by atoms with Gasteiger partial charge in [-0.2, -0.15) is 0 Å². The second-order valence-electron chi connectivity index (χ2n) is 4.19. The fourth-order valence-electron chi connectivity index (χ4n) is 1.93. The lowest BCUT2D eigenvalue weighted by atomic mass is 10.1. The lowest BCUT2D eigenvalue weighted by Gasteiger charge is -2.23. The molecule has 1 saturated heterocycles. The van der Waals surface area contributed by atoms with Crippen LogP contribution in [0.3, 0.4) is 0 Å². The van der Waals surface area contributed by atoms with Gasteiger partial charge in [-0.3, -0.25) is 4.79 Å². The minimum Gasteiger partial charge on any atom is -0.379 e. The molecule has 1 amide bonds. The molecule has 5 nitrogen and oxygen atoms in total. The zero-order valence-electron chi connectivity index (χ0n) is 10.2. The van der Waals surface area contributed by atoms with Gasteiger partial charge < -0.3 is 15.4 Å². The number of rotatable bonds is 3. The summed E-state index contributed by atoms with van der Waals surface area (Å²) in [6.07, 6.45) is 3.61. The van der Waals surface area contributed by atoms with Crippen LogP contribution in [-0.2, 0) is 4.74 Å². The number of carbonyl (C=O) groups is 1. The number of anilines is 1. The summed E-state index contributed by atoms with van der Waals surface area (Å²) in [5, 5.41) is 5.89. The predicted octanol–water partition coefficient (Wildman–Crippen LogP) is 1.79. The molecular formula is C12H16BrN3O2. The molecule has 0 aromatic carbocycles. The highest BCUT2D eigenvalue weighted by molar-refractivity contribution is 9.10. The first kappa shape index (κ1) is 13.3. The Morgan fingerprint density at radius 3 is 3.11 bits per heavy atom. The van der Waals surface area contributed by atoms with E-state index in [2.05, 4.69) is 31.5 Å². The van der Waals surface area contributed by atoms with Crippen LogP contribution in [0.2, 0.25) is 0 Å². The fourth-order valence-corrected chi connectivity index (χ4v) is 2.26. The van der Waals surface area contributed by atoms with Crippen molar-refractivity contribution in [1.29, 1.82) is 0 Å². The number of ether oxygens (including phenoxy) is 1. The van der Waals surface area contributed by atoms with E-state index in [0.717, 1.165) is 23.9 Å². The first-order valence-electron chi connectivity index (χ1n) is 5.92. The highest BCUT2D eigenvalue weighted by atomic mass is 79.9. The van der Waals surface area contributed by atoms with Gasteiger partial charge >= 0.3 is 0 Å². The molecule has 1 aliphatic rings. The Bertz CT molecular complexity index is 433. The number of hydrogen-bond acceptors (Lipinski definition) is 4. The minimum absolute atomic E-state index is 0.0925. The van der Waals surface area contributed by atoms with Gasteiger partial charge in [0.15, 0.2) is 0 Å². The number of aromatic nitrogens is 1. The summed E-state index contributed by atoms with van der Waals surface area (Å²) < 4.78 is 6.13. The molecule has 0 spiro atoms. The summed E-state index contributed by atoms with van der Waals surface area (Å²) in [7, 11) is 1.75. The third-order valence-electron chi connectivity index (χ3n) is 2.83. The lowest BCUT2D eigenvalue weighted by Crippen LogP contribution is -2.40. The second kappa shape index (κ2) is 6.15. The molecule has 0 bridgehead atoms. The van der Waals surface area contributed by atoms with E-state index < -0.39 is 0 Å². The SMILES string of the molecule is CNc1ncc(Br)cc1C(=O)NC1CCCOC1. The lowest BCUT2D eigenvalue weighted by molar-refractivity contribution is 0.0624. The zero-order chi connectivity index (χ0) is 13.0. The summed E-state index contributed by atoms with van der Waals surface area (Å²) in [6.45, 7) is 1.37. The molecule has 1 atom stereocenters.